The lowest BCUT2D eigenvalue weighted by Gasteiger charge is -2.20. The molecule has 7 heteroatoms. The van der Waals surface area contributed by atoms with E-state index in [4.69, 9.17) is 21.1 Å². The topological polar surface area (TPSA) is 47.5 Å². The fourth-order valence-corrected chi connectivity index (χ4v) is 2.04. The van der Waals surface area contributed by atoms with Crippen molar-refractivity contribution < 1.29 is 9.47 Å². The van der Waals surface area contributed by atoms with Crippen LogP contribution in [-0.2, 0) is 16.0 Å². The van der Waals surface area contributed by atoms with Gasteiger partial charge in [-0.05, 0) is 6.42 Å². The van der Waals surface area contributed by atoms with Crippen LogP contribution in [0.2, 0.25) is 4.34 Å². The van der Waals surface area contributed by atoms with Gasteiger partial charge in [0.05, 0.1) is 6.61 Å². The van der Waals surface area contributed by atoms with Crippen molar-refractivity contribution >= 4 is 23.1 Å². The van der Waals surface area contributed by atoms with Crippen LogP contribution in [0, 0.1) is 0 Å². The second-order valence-electron chi connectivity index (χ2n) is 3.61. The molecule has 1 heterocycles. The highest BCUT2D eigenvalue weighted by Gasteiger charge is 2.11. The predicted octanol–water partition coefficient (Wildman–Crippen LogP) is 1.68. The molecule has 1 rings (SSSR count). The fraction of sp³-hybridized carbons (Fsp3) is 0.800. The molecule has 5 nitrogen and oxygen atoms in total. The second-order valence-corrected chi connectivity index (χ2v) is 4.96. The van der Waals surface area contributed by atoms with E-state index in [0.717, 1.165) is 31.8 Å². The van der Waals surface area contributed by atoms with Crippen LogP contribution in [0.15, 0.2) is 0 Å². The lowest BCUT2D eigenvalue weighted by molar-refractivity contribution is 0.128. The van der Waals surface area contributed by atoms with Gasteiger partial charge in [0.25, 0.3) is 0 Å². The standard InChI is InChI=1S/C10H18ClN3O2S/c1-15-6-3-4-14(5-7-16-2)8-9-10(11)17-13-12-9/h3-8H2,1-2H3. The van der Waals surface area contributed by atoms with Crippen LogP contribution >= 0.6 is 23.1 Å². The first-order chi connectivity index (χ1) is 8.27. The molecular weight excluding hydrogens is 262 g/mol. The minimum atomic E-state index is 0.666. The Morgan fingerprint density at radius 1 is 1.24 bits per heavy atom. The molecule has 0 fully saturated rings. The molecule has 0 saturated carbocycles. The lowest BCUT2D eigenvalue weighted by Crippen LogP contribution is -2.29. The molecule has 1 aromatic rings. The van der Waals surface area contributed by atoms with E-state index in [0.29, 0.717) is 17.5 Å². The Bertz CT molecular complexity index is 311. The van der Waals surface area contributed by atoms with Gasteiger partial charge < -0.3 is 9.47 Å². The first kappa shape index (κ1) is 14.8. The molecule has 98 valence electrons. The highest BCUT2D eigenvalue weighted by molar-refractivity contribution is 7.10. The SMILES string of the molecule is COCCCN(CCOC)Cc1nnsc1Cl. The number of methoxy groups -OCH3 is 2. The Balaban J connectivity index is 2.42. The molecule has 0 radical (unpaired) electrons. The highest BCUT2D eigenvalue weighted by Crippen LogP contribution is 2.18. The molecular formula is C10H18ClN3O2S. The third-order valence-electron chi connectivity index (χ3n) is 2.32. The molecule has 17 heavy (non-hydrogen) atoms. The van der Waals surface area contributed by atoms with Crippen LogP contribution in [-0.4, -0.2) is 55.0 Å². The molecule has 0 N–H and O–H groups in total. The summed E-state index contributed by atoms with van der Waals surface area (Å²) in [4.78, 5) is 2.24. The maximum atomic E-state index is 5.99. The number of hydrogen-bond acceptors (Lipinski definition) is 6. The van der Waals surface area contributed by atoms with Gasteiger partial charge in [-0.25, -0.2) is 0 Å². The van der Waals surface area contributed by atoms with Gasteiger partial charge in [-0.2, -0.15) is 0 Å². The molecule has 0 aliphatic rings. The van der Waals surface area contributed by atoms with Crippen LogP contribution < -0.4 is 0 Å². The monoisotopic (exact) mass is 279 g/mol. The number of ether oxygens (including phenoxy) is 2. The van der Waals surface area contributed by atoms with Crippen LogP contribution in [0.5, 0.6) is 0 Å². The quantitative estimate of drug-likeness (QED) is 0.644. The van der Waals surface area contributed by atoms with Crippen molar-refractivity contribution in [2.75, 3.05) is 40.5 Å². The number of aromatic nitrogens is 2. The molecule has 0 amide bonds. The third-order valence-corrected chi connectivity index (χ3v) is 3.30. The summed E-state index contributed by atoms with van der Waals surface area (Å²) in [7, 11) is 3.41. The van der Waals surface area contributed by atoms with Crippen molar-refractivity contribution in [1.82, 2.24) is 14.5 Å². The van der Waals surface area contributed by atoms with E-state index in [1.54, 1.807) is 14.2 Å². The van der Waals surface area contributed by atoms with Gasteiger partial charge in [0.1, 0.15) is 10.0 Å². The van der Waals surface area contributed by atoms with Gasteiger partial charge in [-0.1, -0.05) is 16.1 Å². The van der Waals surface area contributed by atoms with Gasteiger partial charge in [-0.3, -0.25) is 4.90 Å². The van der Waals surface area contributed by atoms with E-state index in [2.05, 4.69) is 14.5 Å². The van der Waals surface area contributed by atoms with Gasteiger partial charge in [-0.15, -0.1) is 5.10 Å². The zero-order valence-corrected chi connectivity index (χ0v) is 11.8. The van der Waals surface area contributed by atoms with E-state index >= 15 is 0 Å². The molecule has 0 aliphatic carbocycles. The Morgan fingerprint density at radius 2 is 2.00 bits per heavy atom. The Labute approximate surface area is 111 Å². The third kappa shape index (κ3) is 5.74. The van der Waals surface area contributed by atoms with E-state index < -0.39 is 0 Å². The van der Waals surface area contributed by atoms with Crippen LogP contribution in [0.4, 0.5) is 0 Å². The van der Waals surface area contributed by atoms with Gasteiger partial charge >= 0.3 is 0 Å². The molecule has 0 unspecified atom stereocenters. The van der Waals surface area contributed by atoms with E-state index in [-0.39, 0.29) is 0 Å². The summed E-state index contributed by atoms with van der Waals surface area (Å²) >= 11 is 7.21. The fourth-order valence-electron chi connectivity index (χ4n) is 1.43. The first-order valence-corrected chi connectivity index (χ1v) is 6.60. The smallest absolute Gasteiger partial charge is 0.138 e. The molecule has 0 aliphatic heterocycles. The number of halogens is 1. The van der Waals surface area contributed by atoms with Crippen LogP contribution in [0.1, 0.15) is 12.1 Å². The molecule has 0 atom stereocenters. The molecule has 0 saturated heterocycles. The van der Waals surface area contributed by atoms with Gasteiger partial charge in [0.2, 0.25) is 0 Å². The largest absolute Gasteiger partial charge is 0.385 e. The Kier molecular flexibility index (Phi) is 7.63. The molecule has 0 aromatic carbocycles. The summed E-state index contributed by atoms with van der Waals surface area (Å²) < 4.78 is 14.6. The maximum Gasteiger partial charge on any atom is 0.138 e. The summed E-state index contributed by atoms with van der Waals surface area (Å²) in [6, 6.07) is 0. The summed E-state index contributed by atoms with van der Waals surface area (Å²) in [5.74, 6) is 0. The summed E-state index contributed by atoms with van der Waals surface area (Å²) in [6.45, 7) is 3.95. The zero-order chi connectivity index (χ0) is 12.5. The predicted molar refractivity (Wildman–Crippen MR) is 68.6 cm³/mol. The highest BCUT2D eigenvalue weighted by atomic mass is 35.5. The summed E-state index contributed by atoms with van der Waals surface area (Å²) in [5.41, 5.74) is 0.838. The van der Waals surface area contributed by atoms with Gasteiger partial charge in [0.15, 0.2) is 0 Å². The van der Waals surface area contributed by atoms with Crippen LogP contribution in [0.3, 0.4) is 0 Å². The molecule has 0 spiro atoms. The summed E-state index contributed by atoms with van der Waals surface area (Å²) in [6.07, 6.45) is 0.982. The van der Waals surface area contributed by atoms with E-state index in [1.165, 1.54) is 11.5 Å². The first-order valence-electron chi connectivity index (χ1n) is 5.45. The Hall–Kier alpha value is -0.270. The minimum Gasteiger partial charge on any atom is -0.385 e. The van der Waals surface area contributed by atoms with Crippen molar-refractivity contribution in [3.63, 3.8) is 0 Å². The average Bonchev–Trinajstić information content (AvgIpc) is 2.72. The van der Waals surface area contributed by atoms with Crippen molar-refractivity contribution in [2.24, 2.45) is 0 Å². The Morgan fingerprint density at radius 3 is 2.59 bits per heavy atom. The normalized spacial score (nSPS) is 11.3. The number of nitrogens with zero attached hydrogens (tertiary/aromatic N) is 3. The minimum absolute atomic E-state index is 0.666. The van der Waals surface area contributed by atoms with Crippen molar-refractivity contribution in [1.29, 1.82) is 0 Å². The summed E-state index contributed by atoms with van der Waals surface area (Å²) in [5, 5.41) is 4.01. The van der Waals surface area contributed by atoms with E-state index in [9.17, 15) is 0 Å². The van der Waals surface area contributed by atoms with Crippen molar-refractivity contribution in [3.05, 3.63) is 10.0 Å². The lowest BCUT2D eigenvalue weighted by atomic mass is 10.3. The van der Waals surface area contributed by atoms with Crippen molar-refractivity contribution in [2.45, 2.75) is 13.0 Å². The van der Waals surface area contributed by atoms with Crippen molar-refractivity contribution in [3.8, 4) is 0 Å². The zero-order valence-electron chi connectivity index (χ0n) is 10.2. The maximum absolute atomic E-state index is 5.99. The van der Waals surface area contributed by atoms with Crippen LogP contribution in [0.25, 0.3) is 0 Å². The molecule has 0 bridgehead atoms. The average molecular weight is 280 g/mol. The molecule has 1 aromatic heterocycles. The second kappa shape index (κ2) is 8.77. The van der Waals surface area contributed by atoms with Gasteiger partial charge in [0, 0.05) is 52.0 Å². The van der Waals surface area contributed by atoms with E-state index in [1.807, 2.05) is 0 Å². The number of hydrogen-bond donors (Lipinski definition) is 0. The number of rotatable bonds is 9.